The van der Waals surface area contributed by atoms with Crippen molar-refractivity contribution >= 4 is 23.2 Å². The lowest BCUT2D eigenvalue weighted by Crippen LogP contribution is -2.17. The summed E-state index contributed by atoms with van der Waals surface area (Å²) in [5.41, 5.74) is 0.903. The van der Waals surface area contributed by atoms with Crippen LogP contribution in [0, 0.1) is 0 Å². The number of halogens is 2. The van der Waals surface area contributed by atoms with Crippen molar-refractivity contribution in [3.05, 3.63) is 40.1 Å². The third kappa shape index (κ3) is 6.65. The minimum Gasteiger partial charge on any atom is -0.492 e. The summed E-state index contributed by atoms with van der Waals surface area (Å²) in [6.07, 6.45) is 4.46. The van der Waals surface area contributed by atoms with E-state index in [-0.39, 0.29) is 6.61 Å². The molecule has 0 saturated carbocycles. The zero-order valence-corrected chi connectivity index (χ0v) is 14.9. The highest BCUT2D eigenvalue weighted by atomic mass is 35.5. The summed E-state index contributed by atoms with van der Waals surface area (Å²) in [6.45, 7) is 3.04. The molecule has 1 aromatic heterocycles. The van der Waals surface area contributed by atoms with E-state index in [1.165, 1.54) is 0 Å². The Bertz CT molecular complexity index is 622. The van der Waals surface area contributed by atoms with Gasteiger partial charge in [-0.3, -0.25) is 4.68 Å². The first-order valence-electron chi connectivity index (χ1n) is 7.97. The minimum atomic E-state index is 0.215. The maximum atomic E-state index is 8.76. The van der Waals surface area contributed by atoms with Crippen molar-refractivity contribution in [2.75, 3.05) is 19.8 Å². The van der Waals surface area contributed by atoms with Crippen LogP contribution in [0.3, 0.4) is 0 Å². The third-order valence-electron chi connectivity index (χ3n) is 3.34. The van der Waals surface area contributed by atoms with Crippen molar-refractivity contribution < 1.29 is 9.84 Å². The average molecular weight is 373 g/mol. The van der Waals surface area contributed by atoms with Crippen molar-refractivity contribution in [3.8, 4) is 5.75 Å². The molecule has 0 aliphatic rings. The van der Waals surface area contributed by atoms with E-state index in [1.54, 1.807) is 22.9 Å². The fourth-order valence-corrected chi connectivity index (χ4v) is 2.57. The van der Waals surface area contributed by atoms with E-state index < -0.39 is 0 Å². The topological polar surface area (TPSA) is 72.2 Å². The first-order chi connectivity index (χ1) is 11.7. The van der Waals surface area contributed by atoms with E-state index in [4.69, 9.17) is 33.0 Å². The van der Waals surface area contributed by atoms with Crippen molar-refractivity contribution in [1.82, 2.24) is 20.3 Å². The molecule has 6 nitrogen and oxygen atoms in total. The van der Waals surface area contributed by atoms with Gasteiger partial charge in [0.05, 0.1) is 17.3 Å². The van der Waals surface area contributed by atoms with Gasteiger partial charge in [0.15, 0.2) is 0 Å². The Labute approximate surface area is 151 Å². The van der Waals surface area contributed by atoms with E-state index >= 15 is 0 Å². The molecule has 0 saturated heterocycles. The van der Waals surface area contributed by atoms with E-state index in [9.17, 15) is 0 Å². The summed E-state index contributed by atoms with van der Waals surface area (Å²) in [4.78, 5) is 0. The number of aliphatic hydroxyl groups is 1. The van der Waals surface area contributed by atoms with Gasteiger partial charge in [-0.05, 0) is 44.0 Å². The predicted molar refractivity (Wildman–Crippen MR) is 94.6 cm³/mol. The Balaban J connectivity index is 1.58. The van der Waals surface area contributed by atoms with Gasteiger partial charge in [0, 0.05) is 30.9 Å². The van der Waals surface area contributed by atoms with Gasteiger partial charge in [0.1, 0.15) is 5.75 Å². The maximum absolute atomic E-state index is 8.76. The molecule has 0 spiro atoms. The number of nitrogens with zero attached hydrogens (tertiary/aromatic N) is 3. The van der Waals surface area contributed by atoms with Crippen LogP contribution >= 0.6 is 23.2 Å². The molecule has 0 radical (unpaired) electrons. The fraction of sp³-hybridized carbons (Fsp3) is 0.500. The van der Waals surface area contributed by atoms with E-state index in [2.05, 4.69) is 15.6 Å². The van der Waals surface area contributed by atoms with Gasteiger partial charge in [-0.2, -0.15) is 0 Å². The molecule has 0 bridgehead atoms. The number of aromatic nitrogens is 3. The van der Waals surface area contributed by atoms with E-state index in [1.807, 2.05) is 6.20 Å². The van der Waals surface area contributed by atoms with Crippen LogP contribution in [0.1, 0.15) is 25.0 Å². The summed E-state index contributed by atoms with van der Waals surface area (Å²) >= 11 is 11.9. The molecule has 0 atom stereocenters. The first-order valence-corrected chi connectivity index (χ1v) is 8.73. The van der Waals surface area contributed by atoms with Crippen LogP contribution in [-0.2, 0) is 13.1 Å². The third-order valence-corrected chi connectivity index (χ3v) is 3.87. The summed E-state index contributed by atoms with van der Waals surface area (Å²) < 4.78 is 7.42. The normalized spacial score (nSPS) is 11.0. The number of nitrogens with one attached hydrogen (secondary N) is 1. The lowest BCUT2D eigenvalue weighted by molar-refractivity contribution is 0.280. The van der Waals surface area contributed by atoms with Crippen LogP contribution in [0.5, 0.6) is 5.75 Å². The molecule has 0 unspecified atom stereocenters. The lowest BCUT2D eigenvalue weighted by atomic mass is 10.3. The van der Waals surface area contributed by atoms with Crippen molar-refractivity contribution in [2.45, 2.75) is 32.4 Å². The summed E-state index contributed by atoms with van der Waals surface area (Å²) in [7, 11) is 0. The Kier molecular flexibility index (Phi) is 8.32. The second-order valence-corrected chi connectivity index (χ2v) is 6.20. The van der Waals surface area contributed by atoms with Crippen molar-refractivity contribution in [1.29, 1.82) is 0 Å². The van der Waals surface area contributed by atoms with Gasteiger partial charge < -0.3 is 15.2 Å². The zero-order chi connectivity index (χ0) is 17.2. The molecule has 24 heavy (non-hydrogen) atoms. The Morgan fingerprint density at radius 3 is 2.88 bits per heavy atom. The number of ether oxygens (including phenoxy) is 1. The number of aryl methyl sites for hydroxylation is 1. The van der Waals surface area contributed by atoms with Gasteiger partial charge in [0.2, 0.25) is 0 Å². The molecule has 0 aliphatic carbocycles. The molecule has 1 heterocycles. The van der Waals surface area contributed by atoms with E-state index in [0.29, 0.717) is 28.9 Å². The van der Waals surface area contributed by atoms with Crippen molar-refractivity contribution in [2.24, 2.45) is 0 Å². The van der Waals surface area contributed by atoms with Crippen LogP contribution in [0.25, 0.3) is 0 Å². The monoisotopic (exact) mass is 372 g/mol. The molecular weight excluding hydrogens is 351 g/mol. The van der Waals surface area contributed by atoms with Gasteiger partial charge in [-0.1, -0.05) is 28.4 Å². The van der Waals surface area contributed by atoms with Gasteiger partial charge in [-0.25, -0.2) is 0 Å². The smallest absolute Gasteiger partial charge is 0.137 e. The quantitative estimate of drug-likeness (QED) is 0.593. The highest BCUT2D eigenvalue weighted by molar-refractivity contribution is 6.35. The minimum absolute atomic E-state index is 0.215. The summed E-state index contributed by atoms with van der Waals surface area (Å²) in [5, 5.41) is 21.3. The molecule has 0 aliphatic heterocycles. The second kappa shape index (κ2) is 10.5. The second-order valence-electron chi connectivity index (χ2n) is 5.36. The van der Waals surface area contributed by atoms with Crippen LogP contribution < -0.4 is 10.1 Å². The van der Waals surface area contributed by atoms with Crippen LogP contribution in [0.15, 0.2) is 24.4 Å². The molecule has 2 aromatic rings. The van der Waals surface area contributed by atoms with Crippen LogP contribution in [0.4, 0.5) is 0 Å². The SMILES string of the molecule is OCCCCn1cc(CNCCCOc2ccc(Cl)cc2Cl)nn1. The highest BCUT2D eigenvalue weighted by Crippen LogP contribution is 2.27. The zero-order valence-electron chi connectivity index (χ0n) is 13.4. The highest BCUT2D eigenvalue weighted by Gasteiger charge is 2.03. The molecule has 2 N–H and O–H groups in total. The molecule has 0 fully saturated rings. The summed E-state index contributed by atoms with van der Waals surface area (Å²) in [5.74, 6) is 0.645. The number of hydrogen-bond donors (Lipinski definition) is 2. The number of unbranched alkanes of at least 4 members (excludes halogenated alkanes) is 1. The maximum Gasteiger partial charge on any atom is 0.137 e. The molecule has 1 aromatic carbocycles. The molecule has 8 heteroatoms. The Morgan fingerprint density at radius 2 is 2.08 bits per heavy atom. The fourth-order valence-electron chi connectivity index (χ4n) is 2.10. The van der Waals surface area contributed by atoms with Gasteiger partial charge in [-0.15, -0.1) is 5.10 Å². The average Bonchev–Trinajstić information content (AvgIpc) is 3.00. The molecule has 0 amide bonds. The largest absolute Gasteiger partial charge is 0.492 e. The Hall–Kier alpha value is -1.34. The van der Waals surface area contributed by atoms with Crippen LogP contribution in [-0.4, -0.2) is 39.9 Å². The Morgan fingerprint density at radius 1 is 1.21 bits per heavy atom. The van der Waals surface area contributed by atoms with Gasteiger partial charge in [0.25, 0.3) is 0 Å². The molecule has 132 valence electrons. The van der Waals surface area contributed by atoms with Crippen LogP contribution in [0.2, 0.25) is 10.0 Å². The lowest BCUT2D eigenvalue weighted by Gasteiger charge is -2.08. The molecule has 2 rings (SSSR count). The number of rotatable bonds is 11. The number of benzene rings is 1. The van der Waals surface area contributed by atoms with Crippen molar-refractivity contribution in [3.63, 3.8) is 0 Å². The number of hydrogen-bond acceptors (Lipinski definition) is 5. The number of aliphatic hydroxyl groups excluding tert-OH is 1. The first kappa shape index (κ1) is 19.0. The van der Waals surface area contributed by atoms with E-state index in [0.717, 1.165) is 38.0 Å². The predicted octanol–water partition coefficient (Wildman–Crippen LogP) is 2.92. The standard InChI is InChI=1S/C16H22Cl2N4O2/c17-13-4-5-16(15(18)10-13)24-9-3-6-19-11-14-12-22(21-20-14)7-1-2-8-23/h4-5,10,12,19,23H,1-3,6-9,11H2. The van der Waals surface area contributed by atoms with Gasteiger partial charge >= 0.3 is 0 Å². The summed E-state index contributed by atoms with van der Waals surface area (Å²) in [6, 6.07) is 5.19. The molecular formula is C16H22Cl2N4O2.